The Morgan fingerprint density at radius 2 is 1.77 bits per heavy atom. The molecule has 0 saturated heterocycles. The average molecular weight is 438 g/mol. The predicted molar refractivity (Wildman–Crippen MR) is 123 cm³/mol. The van der Waals surface area contributed by atoms with Gasteiger partial charge in [0.25, 0.3) is 0 Å². The molecule has 0 amide bonds. The minimum absolute atomic E-state index is 0.119. The van der Waals surface area contributed by atoms with Gasteiger partial charge in [-0.2, -0.15) is 0 Å². The molecule has 1 aromatic heterocycles. The number of benzene rings is 2. The number of halogens is 1. The summed E-state index contributed by atoms with van der Waals surface area (Å²) < 4.78 is 5.58. The number of carbonyl (C=O) groups is 1. The van der Waals surface area contributed by atoms with Crippen molar-refractivity contribution in [2.45, 2.75) is 30.4 Å². The molecule has 0 spiro atoms. The molecular formula is C25H24ClNO2S. The van der Waals surface area contributed by atoms with Gasteiger partial charge in [0.2, 0.25) is 0 Å². The van der Waals surface area contributed by atoms with Crippen LogP contribution in [0.25, 0.3) is 6.08 Å². The molecule has 1 heterocycles. The van der Waals surface area contributed by atoms with Crippen LogP contribution < -0.4 is 0 Å². The lowest BCUT2D eigenvalue weighted by atomic mass is 9.95. The Morgan fingerprint density at radius 3 is 2.47 bits per heavy atom. The van der Waals surface area contributed by atoms with E-state index in [4.69, 9.17) is 16.3 Å². The molecule has 0 radical (unpaired) electrons. The van der Waals surface area contributed by atoms with Crippen molar-refractivity contribution in [1.29, 1.82) is 0 Å². The minimum Gasteiger partial charge on any atom is -0.459 e. The second-order valence-electron chi connectivity index (χ2n) is 7.17. The third kappa shape index (κ3) is 6.75. The van der Waals surface area contributed by atoms with Crippen LogP contribution in [-0.4, -0.2) is 11.0 Å². The van der Waals surface area contributed by atoms with Gasteiger partial charge < -0.3 is 4.74 Å². The number of rotatable bonds is 8. The SMILES string of the molecule is CC(C)C(C=Cc1ccc(Cl)cc1)C(=O)OCc1cccc(Sc2ccccc2)n1. The summed E-state index contributed by atoms with van der Waals surface area (Å²) in [4.78, 5) is 18.4. The first-order valence-electron chi connectivity index (χ1n) is 9.80. The highest BCUT2D eigenvalue weighted by Gasteiger charge is 2.21. The van der Waals surface area contributed by atoms with E-state index >= 15 is 0 Å². The van der Waals surface area contributed by atoms with Gasteiger partial charge in [0.15, 0.2) is 0 Å². The Kier molecular flexibility index (Phi) is 8.12. The second-order valence-corrected chi connectivity index (χ2v) is 8.70. The lowest BCUT2D eigenvalue weighted by Gasteiger charge is -2.16. The van der Waals surface area contributed by atoms with E-state index in [1.54, 1.807) is 11.8 Å². The Morgan fingerprint density at radius 1 is 1.03 bits per heavy atom. The van der Waals surface area contributed by atoms with Crippen LogP contribution in [0.4, 0.5) is 0 Å². The first-order valence-corrected chi connectivity index (χ1v) is 11.0. The van der Waals surface area contributed by atoms with E-state index in [1.165, 1.54) is 0 Å². The normalized spacial score (nSPS) is 12.3. The average Bonchev–Trinajstić information content (AvgIpc) is 2.74. The zero-order valence-electron chi connectivity index (χ0n) is 17.0. The van der Waals surface area contributed by atoms with Crippen LogP contribution in [0.3, 0.4) is 0 Å². The van der Waals surface area contributed by atoms with Crippen molar-refractivity contribution in [3.63, 3.8) is 0 Å². The monoisotopic (exact) mass is 437 g/mol. The summed E-state index contributed by atoms with van der Waals surface area (Å²) in [6.07, 6.45) is 3.82. The van der Waals surface area contributed by atoms with Crippen LogP contribution >= 0.6 is 23.4 Å². The van der Waals surface area contributed by atoms with Gasteiger partial charge in [0.05, 0.1) is 11.6 Å². The van der Waals surface area contributed by atoms with E-state index in [2.05, 4.69) is 4.98 Å². The molecule has 0 aliphatic rings. The molecule has 5 heteroatoms. The molecule has 0 aliphatic carbocycles. The van der Waals surface area contributed by atoms with Gasteiger partial charge in [0.1, 0.15) is 11.6 Å². The molecule has 0 fully saturated rings. The molecule has 1 unspecified atom stereocenters. The summed E-state index contributed by atoms with van der Waals surface area (Å²) in [5, 5.41) is 1.56. The molecule has 0 saturated carbocycles. The summed E-state index contributed by atoms with van der Waals surface area (Å²) in [5.74, 6) is -0.463. The quantitative estimate of drug-likeness (QED) is 0.359. The van der Waals surface area contributed by atoms with Crippen molar-refractivity contribution in [3.8, 4) is 0 Å². The van der Waals surface area contributed by atoms with Gasteiger partial charge in [-0.1, -0.05) is 85.8 Å². The highest BCUT2D eigenvalue weighted by atomic mass is 35.5. The molecule has 3 rings (SSSR count). The van der Waals surface area contributed by atoms with E-state index in [-0.39, 0.29) is 24.4 Å². The van der Waals surface area contributed by atoms with Crippen LogP contribution in [0.2, 0.25) is 5.02 Å². The van der Waals surface area contributed by atoms with Crippen molar-refractivity contribution in [2.75, 3.05) is 0 Å². The van der Waals surface area contributed by atoms with E-state index in [1.807, 2.05) is 98.8 Å². The summed E-state index contributed by atoms with van der Waals surface area (Å²) in [6, 6.07) is 23.3. The second kappa shape index (κ2) is 11.0. The fraction of sp³-hybridized carbons (Fsp3) is 0.200. The largest absolute Gasteiger partial charge is 0.459 e. The number of carbonyl (C=O) groups excluding carboxylic acids is 1. The predicted octanol–water partition coefficient (Wildman–Crippen LogP) is 6.92. The topological polar surface area (TPSA) is 39.2 Å². The van der Waals surface area contributed by atoms with E-state index in [9.17, 15) is 4.79 Å². The molecule has 0 N–H and O–H groups in total. The number of esters is 1. The number of nitrogens with zero attached hydrogens (tertiary/aromatic N) is 1. The Balaban J connectivity index is 1.61. The number of hydrogen-bond donors (Lipinski definition) is 0. The van der Waals surface area contributed by atoms with E-state index < -0.39 is 0 Å². The highest BCUT2D eigenvalue weighted by Crippen LogP contribution is 2.26. The summed E-state index contributed by atoms with van der Waals surface area (Å²) >= 11 is 7.51. The molecule has 2 aromatic carbocycles. The lowest BCUT2D eigenvalue weighted by Crippen LogP contribution is -2.21. The van der Waals surface area contributed by atoms with Crippen molar-refractivity contribution in [3.05, 3.63) is 95.2 Å². The number of pyridine rings is 1. The molecule has 0 bridgehead atoms. The summed E-state index contributed by atoms with van der Waals surface area (Å²) in [7, 11) is 0. The Hall–Kier alpha value is -2.56. The zero-order valence-corrected chi connectivity index (χ0v) is 18.6. The third-order valence-corrected chi connectivity index (χ3v) is 5.66. The minimum atomic E-state index is -0.331. The Bertz CT molecular complexity index is 988. The molecule has 3 nitrogen and oxygen atoms in total. The number of ether oxygens (including phenoxy) is 1. The van der Waals surface area contributed by atoms with Gasteiger partial charge in [-0.05, 0) is 47.9 Å². The van der Waals surface area contributed by atoms with Gasteiger partial charge in [-0.3, -0.25) is 4.79 Å². The molecular weight excluding hydrogens is 414 g/mol. The fourth-order valence-electron chi connectivity index (χ4n) is 2.81. The highest BCUT2D eigenvalue weighted by molar-refractivity contribution is 7.99. The zero-order chi connectivity index (χ0) is 21.3. The molecule has 3 aromatic rings. The summed E-state index contributed by atoms with van der Waals surface area (Å²) in [5.41, 5.74) is 1.72. The van der Waals surface area contributed by atoms with Crippen molar-refractivity contribution in [1.82, 2.24) is 4.98 Å². The maximum Gasteiger partial charge on any atom is 0.313 e. The van der Waals surface area contributed by atoms with E-state index in [0.29, 0.717) is 5.02 Å². The maximum absolute atomic E-state index is 12.7. The molecule has 1 atom stereocenters. The van der Waals surface area contributed by atoms with Crippen LogP contribution in [0.1, 0.15) is 25.1 Å². The molecule has 30 heavy (non-hydrogen) atoms. The first-order chi connectivity index (χ1) is 14.5. The fourth-order valence-corrected chi connectivity index (χ4v) is 3.78. The number of aromatic nitrogens is 1. The van der Waals surface area contributed by atoms with Crippen LogP contribution in [0, 0.1) is 11.8 Å². The van der Waals surface area contributed by atoms with Gasteiger partial charge in [-0.25, -0.2) is 4.98 Å². The van der Waals surface area contributed by atoms with Crippen molar-refractivity contribution < 1.29 is 9.53 Å². The maximum atomic E-state index is 12.7. The number of hydrogen-bond acceptors (Lipinski definition) is 4. The Labute approximate surface area is 187 Å². The van der Waals surface area contributed by atoms with Gasteiger partial charge >= 0.3 is 5.97 Å². The lowest BCUT2D eigenvalue weighted by molar-refractivity contribution is -0.149. The van der Waals surface area contributed by atoms with Crippen molar-refractivity contribution >= 4 is 35.4 Å². The summed E-state index contributed by atoms with van der Waals surface area (Å²) in [6.45, 7) is 4.17. The van der Waals surface area contributed by atoms with Gasteiger partial charge in [-0.15, -0.1) is 0 Å². The van der Waals surface area contributed by atoms with Gasteiger partial charge in [0, 0.05) is 9.92 Å². The van der Waals surface area contributed by atoms with Crippen LogP contribution in [0.15, 0.2) is 88.8 Å². The third-order valence-electron chi connectivity index (χ3n) is 4.47. The van der Waals surface area contributed by atoms with Crippen LogP contribution in [-0.2, 0) is 16.1 Å². The van der Waals surface area contributed by atoms with E-state index in [0.717, 1.165) is 21.2 Å². The van der Waals surface area contributed by atoms with Crippen LogP contribution in [0.5, 0.6) is 0 Å². The molecule has 154 valence electrons. The smallest absolute Gasteiger partial charge is 0.313 e. The van der Waals surface area contributed by atoms with Crippen molar-refractivity contribution in [2.24, 2.45) is 11.8 Å². The molecule has 0 aliphatic heterocycles. The first kappa shape index (κ1) is 22.1. The standard InChI is InChI=1S/C25H24ClNO2S/c1-18(2)23(16-13-19-11-14-20(26)15-12-19)25(28)29-17-21-7-6-10-24(27-21)30-22-8-4-3-5-9-22/h3-16,18,23H,17H2,1-2H3.